The summed E-state index contributed by atoms with van der Waals surface area (Å²) in [5.74, 6) is 1.22. The lowest BCUT2D eigenvalue weighted by Gasteiger charge is -2.46. The number of likely N-dealkylation sites (tertiary alicyclic amines) is 1. The van der Waals surface area contributed by atoms with Gasteiger partial charge in [0.15, 0.2) is 0 Å². The molecule has 3 aromatic rings. The van der Waals surface area contributed by atoms with Crippen molar-refractivity contribution in [3.63, 3.8) is 0 Å². The van der Waals surface area contributed by atoms with E-state index in [4.69, 9.17) is 4.98 Å². The zero-order valence-corrected chi connectivity index (χ0v) is 19.2. The molecule has 8 heteroatoms. The zero-order chi connectivity index (χ0) is 23.0. The second kappa shape index (κ2) is 8.61. The Labute approximate surface area is 199 Å². The summed E-state index contributed by atoms with van der Waals surface area (Å²) < 4.78 is 0. The quantitative estimate of drug-likeness (QED) is 0.625. The number of hydrogen-bond donors (Lipinski definition) is 2. The molecule has 0 saturated carbocycles. The molecule has 4 heterocycles. The molecule has 2 saturated heterocycles. The van der Waals surface area contributed by atoms with Gasteiger partial charge in [-0.3, -0.25) is 14.8 Å². The lowest BCUT2D eigenvalue weighted by molar-refractivity contribution is -0.148. The molecule has 6 rings (SSSR count). The van der Waals surface area contributed by atoms with Crippen LogP contribution in [0.25, 0.3) is 11.0 Å². The highest BCUT2D eigenvalue weighted by molar-refractivity contribution is 5.84. The minimum atomic E-state index is -0.250. The average molecular weight is 456 g/mol. The highest BCUT2D eigenvalue weighted by Crippen LogP contribution is 2.42. The molecule has 2 aromatic carbocycles. The Hall–Kier alpha value is -3.65. The van der Waals surface area contributed by atoms with Crippen LogP contribution in [0.1, 0.15) is 31.2 Å². The minimum Gasteiger partial charge on any atom is -0.355 e. The topological polar surface area (TPSA) is 76.6 Å². The molecule has 1 amide bonds. The number of fused-ring (bicyclic) bond motifs is 1. The first kappa shape index (κ1) is 20.9. The van der Waals surface area contributed by atoms with Crippen LogP contribution in [-0.2, 0) is 11.3 Å². The van der Waals surface area contributed by atoms with Gasteiger partial charge in [-0.1, -0.05) is 24.3 Å². The smallest absolute Gasteiger partial charge is 0.229 e. The molecule has 1 aromatic heterocycles. The van der Waals surface area contributed by atoms with Gasteiger partial charge in [-0.15, -0.1) is 5.53 Å². The van der Waals surface area contributed by atoms with E-state index in [-0.39, 0.29) is 5.41 Å². The van der Waals surface area contributed by atoms with Gasteiger partial charge in [-0.25, -0.2) is 4.98 Å². The van der Waals surface area contributed by atoms with Crippen molar-refractivity contribution in [3.05, 3.63) is 72.7 Å². The number of rotatable bonds is 4. The Balaban J connectivity index is 1.14. The van der Waals surface area contributed by atoms with Crippen molar-refractivity contribution >= 4 is 28.4 Å². The Bertz CT molecular complexity index is 1230. The van der Waals surface area contributed by atoms with Gasteiger partial charge in [0, 0.05) is 38.6 Å². The highest BCUT2D eigenvalue weighted by Gasteiger charge is 2.45. The molecular formula is C26H29N7O. The number of nitrogens with zero attached hydrogens (tertiary/aromatic N) is 5. The first-order valence-corrected chi connectivity index (χ1v) is 12.0. The first-order valence-electron chi connectivity index (χ1n) is 12.0. The maximum absolute atomic E-state index is 13.7. The number of piperidine rings is 2. The predicted molar refractivity (Wildman–Crippen MR) is 132 cm³/mol. The predicted octanol–water partition coefficient (Wildman–Crippen LogP) is 3.34. The van der Waals surface area contributed by atoms with Crippen LogP contribution in [0, 0.1) is 5.41 Å². The van der Waals surface area contributed by atoms with Crippen molar-refractivity contribution in [2.24, 2.45) is 5.41 Å². The number of hydrogen-bond acceptors (Lipinski definition) is 7. The maximum atomic E-state index is 13.7. The van der Waals surface area contributed by atoms with Crippen LogP contribution >= 0.6 is 0 Å². The molecule has 2 fully saturated rings. The molecule has 0 bridgehead atoms. The van der Waals surface area contributed by atoms with Gasteiger partial charge in [-0.2, -0.15) is 0 Å². The van der Waals surface area contributed by atoms with E-state index < -0.39 is 0 Å². The number of hydrazine groups is 2. The Morgan fingerprint density at radius 2 is 1.82 bits per heavy atom. The second-order valence-corrected chi connectivity index (χ2v) is 9.43. The van der Waals surface area contributed by atoms with Crippen molar-refractivity contribution < 1.29 is 4.79 Å². The molecule has 174 valence electrons. The van der Waals surface area contributed by atoms with Crippen molar-refractivity contribution in [1.29, 1.82) is 0 Å². The van der Waals surface area contributed by atoms with E-state index in [0.29, 0.717) is 12.5 Å². The van der Waals surface area contributed by atoms with Gasteiger partial charge in [-0.05, 0) is 55.5 Å². The fourth-order valence-electron chi connectivity index (χ4n) is 5.46. The fourth-order valence-corrected chi connectivity index (χ4v) is 5.46. The maximum Gasteiger partial charge on any atom is 0.229 e. The van der Waals surface area contributed by atoms with Gasteiger partial charge in [0.1, 0.15) is 5.82 Å². The first-order chi connectivity index (χ1) is 16.7. The number of amides is 1. The number of nitrogens with one attached hydrogen (secondary N) is 2. The molecule has 3 aliphatic heterocycles. The Morgan fingerprint density at radius 3 is 2.65 bits per heavy atom. The Morgan fingerprint density at radius 1 is 0.971 bits per heavy atom. The number of carbonyl (C=O) groups excluding carboxylic acids is 1. The highest BCUT2D eigenvalue weighted by atomic mass is 16.2. The number of benzene rings is 2. The van der Waals surface area contributed by atoms with Crippen LogP contribution in [0.3, 0.4) is 0 Å². The summed E-state index contributed by atoms with van der Waals surface area (Å²) in [6.45, 7) is 3.15. The van der Waals surface area contributed by atoms with Crippen LogP contribution in [-0.4, -0.2) is 40.4 Å². The van der Waals surface area contributed by atoms with Gasteiger partial charge in [0.25, 0.3) is 0 Å². The Kier molecular flexibility index (Phi) is 5.30. The van der Waals surface area contributed by atoms with E-state index in [9.17, 15) is 4.79 Å². The minimum absolute atomic E-state index is 0.250. The van der Waals surface area contributed by atoms with E-state index in [1.54, 1.807) is 0 Å². The molecule has 0 radical (unpaired) electrons. The molecule has 2 N–H and O–H groups in total. The van der Waals surface area contributed by atoms with Crippen LogP contribution in [0.15, 0.2) is 67.1 Å². The molecule has 1 spiro atoms. The second-order valence-electron chi connectivity index (χ2n) is 9.43. The van der Waals surface area contributed by atoms with Crippen LogP contribution in [0.2, 0.25) is 0 Å². The van der Waals surface area contributed by atoms with Crippen LogP contribution in [0.4, 0.5) is 11.5 Å². The van der Waals surface area contributed by atoms with Crippen molar-refractivity contribution in [1.82, 2.24) is 25.8 Å². The third-order valence-electron chi connectivity index (χ3n) is 7.36. The zero-order valence-electron chi connectivity index (χ0n) is 19.2. The number of carbonyl (C=O) groups is 1. The number of aromatic nitrogens is 2. The van der Waals surface area contributed by atoms with Gasteiger partial charge < -0.3 is 15.2 Å². The molecular weight excluding hydrogens is 426 g/mol. The van der Waals surface area contributed by atoms with Gasteiger partial charge in [0.05, 0.1) is 28.3 Å². The molecule has 8 nitrogen and oxygen atoms in total. The van der Waals surface area contributed by atoms with E-state index >= 15 is 0 Å². The SMILES string of the molecule is O=C1N(Cc2cccc(N3C=CNN3)c2)CCCC12CCN(c1cnc3ccccc3n1)CC2. The van der Waals surface area contributed by atoms with E-state index in [1.807, 2.05) is 53.9 Å². The lowest BCUT2D eigenvalue weighted by Crippen LogP contribution is -2.53. The molecule has 34 heavy (non-hydrogen) atoms. The summed E-state index contributed by atoms with van der Waals surface area (Å²) in [6.07, 6.45) is 9.42. The van der Waals surface area contributed by atoms with E-state index in [0.717, 1.165) is 73.4 Å². The summed E-state index contributed by atoms with van der Waals surface area (Å²) in [5, 5.41) is 1.93. The average Bonchev–Trinajstić information content (AvgIpc) is 3.43. The van der Waals surface area contributed by atoms with Crippen molar-refractivity contribution in [3.8, 4) is 0 Å². The summed E-state index contributed by atoms with van der Waals surface area (Å²) in [4.78, 5) is 27.4. The molecule has 3 aliphatic rings. The summed E-state index contributed by atoms with van der Waals surface area (Å²) >= 11 is 0. The third kappa shape index (κ3) is 3.84. The fraction of sp³-hybridized carbons (Fsp3) is 0.346. The summed E-state index contributed by atoms with van der Waals surface area (Å²) in [6, 6.07) is 16.3. The third-order valence-corrected chi connectivity index (χ3v) is 7.36. The monoisotopic (exact) mass is 455 g/mol. The molecule has 0 atom stereocenters. The largest absolute Gasteiger partial charge is 0.355 e. The normalized spacial score (nSPS) is 19.8. The standard InChI is InChI=1S/C26H29N7O/c34-25-26(10-14-31(15-11-26)24-18-27-22-7-1-2-8-23(22)29-24)9-4-13-32(25)19-20-5-3-6-21(17-20)33-16-12-28-30-33/h1-3,5-8,12,16-18,28,30H,4,9-11,13-15,19H2. The summed E-state index contributed by atoms with van der Waals surface area (Å²) in [5.41, 5.74) is 9.79. The number of para-hydroxylation sites is 2. The van der Waals surface area contributed by atoms with Crippen LogP contribution in [0.5, 0.6) is 0 Å². The number of anilines is 2. The van der Waals surface area contributed by atoms with Gasteiger partial charge in [0.2, 0.25) is 5.91 Å². The lowest BCUT2D eigenvalue weighted by atomic mass is 9.71. The van der Waals surface area contributed by atoms with E-state index in [2.05, 4.69) is 43.9 Å². The summed E-state index contributed by atoms with van der Waals surface area (Å²) in [7, 11) is 0. The molecule has 0 aliphatic carbocycles. The van der Waals surface area contributed by atoms with Crippen molar-refractivity contribution in [2.75, 3.05) is 29.5 Å². The van der Waals surface area contributed by atoms with Crippen molar-refractivity contribution in [2.45, 2.75) is 32.2 Å². The van der Waals surface area contributed by atoms with Gasteiger partial charge >= 0.3 is 0 Å². The van der Waals surface area contributed by atoms with Crippen LogP contribution < -0.4 is 20.9 Å². The molecule has 0 unspecified atom stereocenters. The van der Waals surface area contributed by atoms with E-state index in [1.165, 1.54) is 0 Å².